The van der Waals surface area contributed by atoms with E-state index in [0.717, 1.165) is 12.8 Å². The molecule has 0 bridgehead atoms. The van der Waals surface area contributed by atoms with Crippen molar-refractivity contribution in [3.8, 4) is 0 Å². The molecule has 9 nitrogen and oxygen atoms in total. The van der Waals surface area contributed by atoms with Crippen molar-refractivity contribution < 1.29 is 42.7 Å². The topological polar surface area (TPSA) is 173 Å². The molecule has 0 saturated carbocycles. The summed E-state index contributed by atoms with van der Waals surface area (Å²) in [6.45, 7) is 1.50. The van der Waals surface area contributed by atoms with Crippen LogP contribution in [0.2, 0.25) is 0 Å². The molecule has 0 saturated heterocycles. The molecule has 0 fully saturated rings. The molecular weight excluding hydrogens is 379 g/mol. The van der Waals surface area contributed by atoms with Crippen molar-refractivity contribution in [2.24, 2.45) is 0 Å². The molecule has 0 aliphatic heterocycles. The Bertz CT molecular complexity index is 365. The van der Waals surface area contributed by atoms with Crippen LogP contribution in [0, 0.1) is 0 Å². The van der Waals surface area contributed by atoms with E-state index in [1.54, 1.807) is 0 Å². The maximum atomic E-state index is 10.2. The molecule has 0 radical (unpaired) electrons. The fraction of sp³-hybridized carbons (Fsp3) is 0.933. The van der Waals surface area contributed by atoms with Gasteiger partial charge in [-0.2, -0.15) is 8.42 Å². The molecule has 0 amide bonds. The summed E-state index contributed by atoms with van der Waals surface area (Å²) in [7, 11) is -4.67. The van der Waals surface area contributed by atoms with E-state index in [0.29, 0.717) is 6.42 Å². The standard InChI is InChI=1S/C12H24O2.C3H8O3.Na.H2O4S.H/c1-2-3-4-5-6-7-8-9-10-11-12(13)14;4-1-3(6)2-5;;1-5(2,3)4;/h2-11H2,1H3,(H,13,14);3-6H,1-2H2;;(H2,1,2,3,4);. The molecule has 0 rings (SSSR count). The van der Waals surface area contributed by atoms with E-state index in [2.05, 4.69) is 6.92 Å². The zero-order chi connectivity index (χ0) is 20.1. The van der Waals surface area contributed by atoms with Gasteiger partial charge in [0, 0.05) is 6.42 Å². The number of carbonyl (C=O) groups is 1. The predicted molar refractivity (Wildman–Crippen MR) is 101 cm³/mol. The summed E-state index contributed by atoms with van der Waals surface area (Å²) in [5.74, 6) is -0.659. The van der Waals surface area contributed by atoms with E-state index in [1.807, 2.05) is 0 Å². The molecule has 0 aliphatic carbocycles. The van der Waals surface area contributed by atoms with E-state index in [9.17, 15) is 4.79 Å². The number of carboxylic acids is 1. The molecule has 11 heteroatoms. The van der Waals surface area contributed by atoms with Crippen LogP contribution in [0.5, 0.6) is 0 Å². The van der Waals surface area contributed by atoms with E-state index in [4.69, 9.17) is 37.9 Å². The van der Waals surface area contributed by atoms with Crippen molar-refractivity contribution in [3.05, 3.63) is 0 Å². The summed E-state index contributed by atoms with van der Waals surface area (Å²) >= 11 is 0. The monoisotopic (exact) mass is 414 g/mol. The van der Waals surface area contributed by atoms with Crippen molar-refractivity contribution in [2.75, 3.05) is 13.2 Å². The van der Waals surface area contributed by atoms with E-state index >= 15 is 0 Å². The molecule has 156 valence electrons. The maximum absolute atomic E-state index is 10.2. The van der Waals surface area contributed by atoms with E-state index < -0.39 is 22.5 Å². The first-order chi connectivity index (χ1) is 11.6. The molecular formula is C15H35NaO9S. The number of rotatable bonds is 12. The number of unbranched alkanes of at least 4 members (excludes halogenated alkanes) is 8. The summed E-state index contributed by atoms with van der Waals surface area (Å²) < 4.78 is 31.6. The molecule has 0 unspecified atom stereocenters. The summed E-state index contributed by atoms with van der Waals surface area (Å²) in [6.07, 6.45) is 10.5. The number of aliphatic carboxylic acids is 1. The first kappa shape index (κ1) is 33.8. The molecule has 0 heterocycles. The van der Waals surface area contributed by atoms with Crippen molar-refractivity contribution >= 4 is 45.9 Å². The minimum absolute atomic E-state index is 0. The quantitative estimate of drug-likeness (QED) is 0.155. The Morgan fingerprint density at radius 2 is 1.15 bits per heavy atom. The minimum atomic E-state index is -4.67. The second-order valence-corrected chi connectivity index (χ2v) is 6.33. The second kappa shape index (κ2) is 25.2. The normalized spacial score (nSPS) is 10.1. The van der Waals surface area contributed by atoms with Gasteiger partial charge >= 0.3 is 45.9 Å². The molecule has 0 aromatic carbocycles. The van der Waals surface area contributed by atoms with Crippen LogP contribution >= 0.6 is 0 Å². The zero-order valence-corrected chi connectivity index (χ0v) is 15.7. The number of carboxylic acid groups (broad SMARTS) is 1. The Kier molecular flexibility index (Phi) is 32.8. The Hall–Kier alpha value is 0.220. The van der Waals surface area contributed by atoms with Gasteiger partial charge in [-0.3, -0.25) is 13.9 Å². The first-order valence-electron chi connectivity index (χ1n) is 8.39. The van der Waals surface area contributed by atoms with Crippen molar-refractivity contribution in [3.63, 3.8) is 0 Å². The van der Waals surface area contributed by atoms with Gasteiger partial charge in [0.05, 0.1) is 13.2 Å². The average molecular weight is 414 g/mol. The van der Waals surface area contributed by atoms with Gasteiger partial charge in [-0.05, 0) is 6.42 Å². The molecule has 6 N–H and O–H groups in total. The third-order valence-electron chi connectivity index (χ3n) is 2.92. The van der Waals surface area contributed by atoms with Crippen LogP contribution in [0.15, 0.2) is 0 Å². The van der Waals surface area contributed by atoms with Crippen molar-refractivity contribution in [1.29, 1.82) is 0 Å². The average Bonchev–Trinajstić information content (AvgIpc) is 2.51. The first-order valence-corrected chi connectivity index (χ1v) is 9.79. The Balaban J connectivity index is -0.000000168. The van der Waals surface area contributed by atoms with Gasteiger partial charge in [0.1, 0.15) is 6.10 Å². The van der Waals surface area contributed by atoms with Gasteiger partial charge in [0.25, 0.3) is 0 Å². The van der Waals surface area contributed by atoms with Crippen LogP contribution in [-0.4, -0.2) is 92.8 Å². The van der Waals surface area contributed by atoms with Gasteiger partial charge in [-0.25, -0.2) is 0 Å². The van der Waals surface area contributed by atoms with Gasteiger partial charge in [0.2, 0.25) is 0 Å². The predicted octanol–water partition coefficient (Wildman–Crippen LogP) is 1.02. The summed E-state index contributed by atoms with van der Waals surface area (Å²) in [5.41, 5.74) is 0. The number of hydrogen-bond donors (Lipinski definition) is 6. The Morgan fingerprint density at radius 3 is 1.38 bits per heavy atom. The summed E-state index contributed by atoms with van der Waals surface area (Å²) in [4.78, 5) is 10.2. The molecule has 0 atom stereocenters. The van der Waals surface area contributed by atoms with Gasteiger partial charge in [-0.15, -0.1) is 0 Å². The van der Waals surface area contributed by atoms with Crippen molar-refractivity contribution in [2.45, 2.75) is 77.2 Å². The van der Waals surface area contributed by atoms with E-state index in [-0.39, 0.29) is 42.8 Å². The summed E-state index contributed by atoms with van der Waals surface area (Å²) in [5, 5.41) is 32.4. The fourth-order valence-corrected chi connectivity index (χ4v) is 1.64. The summed E-state index contributed by atoms with van der Waals surface area (Å²) in [6, 6.07) is 0. The van der Waals surface area contributed by atoms with Crippen LogP contribution in [0.4, 0.5) is 0 Å². The second-order valence-electron chi connectivity index (χ2n) is 5.44. The third-order valence-corrected chi connectivity index (χ3v) is 2.92. The fourth-order valence-electron chi connectivity index (χ4n) is 1.64. The molecule has 0 aliphatic rings. The zero-order valence-electron chi connectivity index (χ0n) is 14.9. The van der Waals surface area contributed by atoms with Crippen molar-refractivity contribution in [1.82, 2.24) is 0 Å². The Morgan fingerprint density at radius 1 is 0.846 bits per heavy atom. The van der Waals surface area contributed by atoms with Gasteiger partial charge < -0.3 is 20.4 Å². The van der Waals surface area contributed by atoms with Gasteiger partial charge in [-0.1, -0.05) is 58.3 Å². The molecule has 0 spiro atoms. The molecule has 0 aromatic rings. The number of hydrogen-bond acceptors (Lipinski definition) is 6. The van der Waals surface area contributed by atoms with E-state index in [1.165, 1.54) is 44.9 Å². The van der Waals surface area contributed by atoms with Crippen LogP contribution < -0.4 is 0 Å². The van der Waals surface area contributed by atoms with Crippen LogP contribution in [-0.2, 0) is 15.2 Å². The molecule has 26 heavy (non-hydrogen) atoms. The van der Waals surface area contributed by atoms with Crippen LogP contribution in [0.1, 0.15) is 71.1 Å². The third kappa shape index (κ3) is 56.4. The Labute approximate surface area is 178 Å². The number of aliphatic hydroxyl groups excluding tert-OH is 3. The SMILES string of the molecule is CCCCCCCCCCCC(=O)O.O=S(=O)(O)O.OCC(O)CO.[NaH]. The van der Waals surface area contributed by atoms with Gasteiger partial charge in [0.15, 0.2) is 0 Å². The van der Waals surface area contributed by atoms with Crippen LogP contribution in [0.3, 0.4) is 0 Å². The molecule has 0 aromatic heterocycles. The number of aliphatic hydroxyl groups is 3. The van der Waals surface area contributed by atoms with Crippen LogP contribution in [0.25, 0.3) is 0 Å².